The molecule has 0 radical (unpaired) electrons. The summed E-state index contributed by atoms with van der Waals surface area (Å²) >= 11 is 0. The van der Waals surface area contributed by atoms with Crippen molar-refractivity contribution >= 4 is 5.96 Å². The molecule has 0 heterocycles. The first-order valence-electron chi connectivity index (χ1n) is 5.17. The van der Waals surface area contributed by atoms with Crippen LogP contribution in [0.4, 0.5) is 0 Å². The fourth-order valence-electron chi connectivity index (χ4n) is 1.15. The number of aliphatic imine (C=N–C) groups is 1. The number of nitrogens with zero attached hydrogens (tertiary/aromatic N) is 2. The molecule has 0 aromatic heterocycles. The summed E-state index contributed by atoms with van der Waals surface area (Å²) in [6.07, 6.45) is 2.40. The molecule has 0 aliphatic carbocycles. The second-order valence-corrected chi connectivity index (χ2v) is 3.24. The van der Waals surface area contributed by atoms with Gasteiger partial charge in [0.15, 0.2) is 5.96 Å². The van der Waals surface area contributed by atoms with E-state index in [4.69, 9.17) is 4.74 Å². The topological polar surface area (TPSA) is 36.9 Å². The Balaban J connectivity index is 3.76. The van der Waals surface area contributed by atoms with E-state index in [9.17, 15) is 0 Å². The van der Waals surface area contributed by atoms with Gasteiger partial charge in [0.2, 0.25) is 0 Å². The van der Waals surface area contributed by atoms with Gasteiger partial charge in [-0.15, -0.1) is 0 Å². The first-order chi connectivity index (χ1) is 6.76. The number of hydrogen-bond acceptors (Lipinski definition) is 2. The van der Waals surface area contributed by atoms with Gasteiger partial charge in [-0.05, 0) is 6.42 Å². The van der Waals surface area contributed by atoms with Gasteiger partial charge in [0.25, 0.3) is 0 Å². The minimum atomic E-state index is 0.709. The predicted molar refractivity (Wildman–Crippen MR) is 60.8 cm³/mol. The summed E-state index contributed by atoms with van der Waals surface area (Å²) in [4.78, 5) is 6.33. The van der Waals surface area contributed by atoms with Crippen LogP contribution in [-0.4, -0.2) is 51.8 Å². The molecular formula is C10H23N3O. The Bertz CT molecular complexity index is 159. The first-order valence-corrected chi connectivity index (χ1v) is 5.17. The molecule has 0 aromatic rings. The maximum atomic E-state index is 4.96. The second kappa shape index (κ2) is 8.81. The van der Waals surface area contributed by atoms with Crippen molar-refractivity contribution in [2.24, 2.45) is 4.99 Å². The highest BCUT2D eigenvalue weighted by Crippen LogP contribution is 1.92. The number of unbranched alkanes of at least 4 members (excludes halogenated alkanes) is 1. The van der Waals surface area contributed by atoms with Crippen LogP contribution in [0.1, 0.15) is 19.8 Å². The zero-order valence-corrected chi connectivity index (χ0v) is 9.84. The van der Waals surface area contributed by atoms with Crippen molar-refractivity contribution in [1.29, 1.82) is 0 Å². The van der Waals surface area contributed by atoms with E-state index in [0.717, 1.165) is 19.0 Å². The van der Waals surface area contributed by atoms with Gasteiger partial charge in [0.05, 0.1) is 6.61 Å². The summed E-state index contributed by atoms with van der Waals surface area (Å²) in [5.74, 6) is 0.940. The highest BCUT2D eigenvalue weighted by atomic mass is 16.5. The van der Waals surface area contributed by atoms with Gasteiger partial charge in [-0.2, -0.15) is 0 Å². The quantitative estimate of drug-likeness (QED) is 0.395. The Kier molecular flexibility index (Phi) is 8.33. The van der Waals surface area contributed by atoms with E-state index in [2.05, 4.69) is 29.2 Å². The maximum Gasteiger partial charge on any atom is 0.193 e. The summed E-state index contributed by atoms with van der Waals surface area (Å²) in [5.41, 5.74) is 0. The molecule has 0 aliphatic heterocycles. The van der Waals surface area contributed by atoms with Gasteiger partial charge in [0, 0.05) is 34.3 Å². The maximum absolute atomic E-state index is 4.96. The van der Waals surface area contributed by atoms with Crippen LogP contribution in [0.5, 0.6) is 0 Å². The molecule has 4 heteroatoms. The number of methoxy groups -OCH3 is 1. The van der Waals surface area contributed by atoms with Crippen LogP contribution in [0.2, 0.25) is 0 Å². The van der Waals surface area contributed by atoms with E-state index < -0.39 is 0 Å². The van der Waals surface area contributed by atoms with E-state index >= 15 is 0 Å². The van der Waals surface area contributed by atoms with E-state index in [0.29, 0.717) is 6.61 Å². The lowest BCUT2D eigenvalue weighted by Gasteiger charge is -2.21. The van der Waals surface area contributed by atoms with Crippen LogP contribution in [0.3, 0.4) is 0 Å². The summed E-state index contributed by atoms with van der Waals surface area (Å²) in [7, 11) is 5.56. The largest absolute Gasteiger partial charge is 0.383 e. The van der Waals surface area contributed by atoms with Crippen molar-refractivity contribution in [2.45, 2.75) is 19.8 Å². The minimum Gasteiger partial charge on any atom is -0.383 e. The normalized spacial score (nSPS) is 11.6. The Labute approximate surface area is 87.3 Å². The van der Waals surface area contributed by atoms with Crippen molar-refractivity contribution in [3.8, 4) is 0 Å². The molecule has 0 atom stereocenters. The van der Waals surface area contributed by atoms with Crippen LogP contribution in [0, 0.1) is 0 Å². The lowest BCUT2D eigenvalue weighted by Crippen LogP contribution is -2.40. The molecule has 0 rings (SSSR count). The van der Waals surface area contributed by atoms with E-state index in [1.54, 1.807) is 14.2 Å². The Morgan fingerprint density at radius 3 is 2.71 bits per heavy atom. The van der Waals surface area contributed by atoms with Crippen molar-refractivity contribution in [1.82, 2.24) is 10.2 Å². The molecule has 0 aliphatic rings. The van der Waals surface area contributed by atoms with Crippen LogP contribution in [0.25, 0.3) is 0 Å². The number of nitrogens with one attached hydrogen (secondary N) is 1. The number of ether oxygens (including phenoxy) is 1. The van der Waals surface area contributed by atoms with Crippen molar-refractivity contribution in [2.75, 3.05) is 40.9 Å². The number of rotatable bonds is 6. The number of hydrogen-bond donors (Lipinski definition) is 1. The molecule has 1 N–H and O–H groups in total. The molecule has 0 spiro atoms. The van der Waals surface area contributed by atoms with Crippen LogP contribution in [0.15, 0.2) is 4.99 Å². The molecule has 0 aromatic carbocycles. The third-order valence-corrected chi connectivity index (χ3v) is 2.01. The molecular weight excluding hydrogens is 178 g/mol. The van der Waals surface area contributed by atoms with Crippen LogP contribution in [-0.2, 0) is 4.74 Å². The lowest BCUT2D eigenvalue weighted by atomic mass is 10.3. The Morgan fingerprint density at radius 1 is 1.50 bits per heavy atom. The SMILES string of the molecule is CCCCN(C)C(=NC)NCCOC. The Morgan fingerprint density at radius 2 is 2.21 bits per heavy atom. The highest BCUT2D eigenvalue weighted by molar-refractivity contribution is 5.79. The highest BCUT2D eigenvalue weighted by Gasteiger charge is 2.03. The van der Waals surface area contributed by atoms with E-state index in [-0.39, 0.29) is 0 Å². The molecule has 0 unspecified atom stereocenters. The third-order valence-electron chi connectivity index (χ3n) is 2.01. The average molecular weight is 201 g/mol. The Hall–Kier alpha value is -0.770. The van der Waals surface area contributed by atoms with Gasteiger partial charge >= 0.3 is 0 Å². The van der Waals surface area contributed by atoms with E-state index in [1.165, 1.54) is 12.8 Å². The van der Waals surface area contributed by atoms with Crippen LogP contribution >= 0.6 is 0 Å². The summed E-state index contributed by atoms with van der Waals surface area (Å²) in [6, 6.07) is 0. The molecule has 0 amide bonds. The van der Waals surface area contributed by atoms with Crippen LogP contribution < -0.4 is 5.32 Å². The third kappa shape index (κ3) is 5.80. The number of guanidine groups is 1. The fourth-order valence-corrected chi connectivity index (χ4v) is 1.15. The van der Waals surface area contributed by atoms with Gasteiger partial charge in [0.1, 0.15) is 0 Å². The van der Waals surface area contributed by atoms with E-state index in [1.807, 2.05) is 0 Å². The molecule has 0 bridgehead atoms. The smallest absolute Gasteiger partial charge is 0.193 e. The minimum absolute atomic E-state index is 0.709. The second-order valence-electron chi connectivity index (χ2n) is 3.24. The summed E-state index contributed by atoms with van der Waals surface area (Å²) in [5, 5.41) is 3.23. The lowest BCUT2D eigenvalue weighted by molar-refractivity contribution is 0.203. The molecule has 4 nitrogen and oxygen atoms in total. The van der Waals surface area contributed by atoms with Crippen molar-refractivity contribution in [3.63, 3.8) is 0 Å². The van der Waals surface area contributed by atoms with Gasteiger partial charge in [-0.3, -0.25) is 4.99 Å². The fraction of sp³-hybridized carbons (Fsp3) is 0.900. The summed E-state index contributed by atoms with van der Waals surface area (Å²) in [6.45, 7) is 4.75. The zero-order valence-electron chi connectivity index (χ0n) is 9.84. The molecule has 0 fully saturated rings. The molecule has 84 valence electrons. The average Bonchev–Trinajstić information content (AvgIpc) is 2.21. The van der Waals surface area contributed by atoms with Crippen molar-refractivity contribution in [3.05, 3.63) is 0 Å². The first kappa shape index (κ1) is 13.2. The predicted octanol–water partition coefficient (Wildman–Crippen LogP) is 0.940. The molecule has 14 heavy (non-hydrogen) atoms. The van der Waals surface area contributed by atoms with Crippen molar-refractivity contribution < 1.29 is 4.74 Å². The van der Waals surface area contributed by atoms with Gasteiger partial charge in [-0.25, -0.2) is 0 Å². The monoisotopic (exact) mass is 201 g/mol. The zero-order chi connectivity index (χ0) is 10.8. The molecule has 0 saturated heterocycles. The summed E-state index contributed by atoms with van der Waals surface area (Å²) < 4.78 is 4.96. The van der Waals surface area contributed by atoms with Gasteiger partial charge in [-0.1, -0.05) is 13.3 Å². The van der Waals surface area contributed by atoms with Gasteiger partial charge < -0.3 is 15.0 Å². The molecule has 0 saturated carbocycles. The standard InChI is InChI=1S/C10H23N3O/c1-5-6-8-13(3)10(11-2)12-7-9-14-4/h5-9H2,1-4H3,(H,11,12).